The molecule has 1 aromatic rings. The van der Waals surface area contributed by atoms with Gasteiger partial charge in [0.15, 0.2) is 22.3 Å². The van der Waals surface area contributed by atoms with E-state index in [0.29, 0.717) is 6.07 Å². The summed E-state index contributed by atoms with van der Waals surface area (Å²) in [6.07, 6.45) is 0. The van der Waals surface area contributed by atoms with E-state index >= 15 is 0 Å². The van der Waals surface area contributed by atoms with E-state index in [2.05, 4.69) is 0 Å². The Labute approximate surface area is 94.7 Å². The minimum Gasteiger partial charge on any atom is -0.496 e. The van der Waals surface area contributed by atoms with Crippen molar-refractivity contribution < 1.29 is 18.3 Å². The Morgan fingerprint density at radius 2 is 1.87 bits per heavy atom. The first kappa shape index (κ1) is 12.2. The molecule has 0 radical (unpaired) electrons. The van der Waals surface area contributed by atoms with Gasteiger partial charge in [-0.1, -0.05) is 23.2 Å². The maximum Gasteiger partial charge on any atom is 0.199 e. The fourth-order valence-corrected chi connectivity index (χ4v) is 1.24. The van der Waals surface area contributed by atoms with Crippen molar-refractivity contribution >= 4 is 29.0 Å². The van der Waals surface area contributed by atoms with Crippen molar-refractivity contribution in [2.24, 2.45) is 0 Å². The number of Topliss-reactive ketones (excluding diaryl/α,β-unsaturated/α-hetero) is 1. The molecule has 0 fully saturated rings. The van der Waals surface area contributed by atoms with Gasteiger partial charge in [-0.3, -0.25) is 4.79 Å². The van der Waals surface area contributed by atoms with Gasteiger partial charge >= 0.3 is 0 Å². The molecule has 0 amide bonds. The van der Waals surface area contributed by atoms with E-state index in [1.54, 1.807) is 0 Å². The highest BCUT2D eigenvalue weighted by Crippen LogP contribution is 2.25. The highest BCUT2D eigenvalue weighted by Gasteiger charge is 2.21. The van der Waals surface area contributed by atoms with E-state index in [9.17, 15) is 13.6 Å². The molecule has 0 spiro atoms. The maximum atomic E-state index is 12.9. The molecule has 0 N–H and O–H groups in total. The highest BCUT2D eigenvalue weighted by atomic mass is 35.5. The molecular formula is C9H6Cl2F2O2. The van der Waals surface area contributed by atoms with Crippen molar-refractivity contribution in [1.29, 1.82) is 0 Å². The Hall–Kier alpha value is -0.870. The molecule has 1 aromatic carbocycles. The van der Waals surface area contributed by atoms with E-state index in [-0.39, 0.29) is 11.3 Å². The number of alkyl halides is 2. The average Bonchev–Trinajstić information content (AvgIpc) is 2.20. The lowest BCUT2D eigenvalue weighted by Gasteiger charge is -2.08. The van der Waals surface area contributed by atoms with Crippen molar-refractivity contribution in [3.8, 4) is 5.75 Å². The molecule has 1 rings (SSSR count). The zero-order valence-electron chi connectivity index (χ0n) is 7.56. The summed E-state index contributed by atoms with van der Waals surface area (Å²) in [4.78, 5) is 10.0. The van der Waals surface area contributed by atoms with Gasteiger partial charge in [-0.05, 0) is 6.07 Å². The molecule has 2 nitrogen and oxygen atoms in total. The van der Waals surface area contributed by atoms with Crippen molar-refractivity contribution in [1.82, 2.24) is 0 Å². The summed E-state index contributed by atoms with van der Waals surface area (Å²) >= 11 is 10.7. The second kappa shape index (κ2) is 4.77. The van der Waals surface area contributed by atoms with Gasteiger partial charge < -0.3 is 4.74 Å². The summed E-state index contributed by atoms with van der Waals surface area (Å²) in [6, 6.07) is 1.47. The normalized spacial score (nSPS) is 10.5. The van der Waals surface area contributed by atoms with E-state index in [1.165, 1.54) is 7.11 Å². The molecule has 0 saturated heterocycles. The van der Waals surface area contributed by atoms with Crippen LogP contribution in [0.2, 0.25) is 0 Å². The lowest BCUT2D eigenvalue weighted by Crippen LogP contribution is -2.10. The summed E-state index contributed by atoms with van der Waals surface area (Å²) in [5, 5.41) is 0. The first-order valence-electron chi connectivity index (χ1n) is 3.82. The number of ether oxygens (including phenoxy) is 1. The first-order chi connectivity index (χ1) is 6.97. The number of carbonyl (C=O) groups is 1. The molecule has 0 heterocycles. The zero-order chi connectivity index (χ0) is 11.6. The topological polar surface area (TPSA) is 26.3 Å². The van der Waals surface area contributed by atoms with Crippen LogP contribution in [0.1, 0.15) is 10.4 Å². The third-order valence-corrected chi connectivity index (χ3v) is 2.10. The van der Waals surface area contributed by atoms with Crippen LogP contribution in [-0.4, -0.2) is 17.7 Å². The van der Waals surface area contributed by atoms with Crippen molar-refractivity contribution in [2.45, 2.75) is 4.84 Å². The van der Waals surface area contributed by atoms with E-state index in [1.807, 2.05) is 0 Å². The molecule has 82 valence electrons. The van der Waals surface area contributed by atoms with Crippen LogP contribution < -0.4 is 4.74 Å². The van der Waals surface area contributed by atoms with Gasteiger partial charge in [-0.25, -0.2) is 8.78 Å². The fraction of sp³-hybridized carbons (Fsp3) is 0.222. The monoisotopic (exact) mass is 254 g/mol. The smallest absolute Gasteiger partial charge is 0.199 e. The quantitative estimate of drug-likeness (QED) is 0.613. The predicted molar refractivity (Wildman–Crippen MR) is 52.7 cm³/mol. The van der Waals surface area contributed by atoms with Gasteiger partial charge in [0.25, 0.3) is 0 Å². The van der Waals surface area contributed by atoms with Crippen LogP contribution in [0.25, 0.3) is 0 Å². The predicted octanol–water partition coefficient (Wildman–Crippen LogP) is 2.96. The SMILES string of the molecule is COc1cc(F)c(F)cc1C(=O)C(Cl)Cl. The number of benzene rings is 1. The third-order valence-electron chi connectivity index (χ3n) is 1.71. The molecule has 0 aliphatic heterocycles. The Morgan fingerprint density at radius 3 is 2.33 bits per heavy atom. The van der Waals surface area contributed by atoms with Gasteiger partial charge in [0.1, 0.15) is 5.75 Å². The van der Waals surface area contributed by atoms with Crippen LogP contribution in [0.4, 0.5) is 8.78 Å². The van der Waals surface area contributed by atoms with E-state index in [4.69, 9.17) is 27.9 Å². The van der Waals surface area contributed by atoms with Crippen LogP contribution in [0.15, 0.2) is 12.1 Å². The molecular weight excluding hydrogens is 249 g/mol. The van der Waals surface area contributed by atoms with Crippen LogP contribution in [0.3, 0.4) is 0 Å². The van der Waals surface area contributed by atoms with Gasteiger partial charge in [0, 0.05) is 6.07 Å². The van der Waals surface area contributed by atoms with E-state index < -0.39 is 22.3 Å². The van der Waals surface area contributed by atoms with Crippen LogP contribution >= 0.6 is 23.2 Å². The molecule has 0 aromatic heterocycles. The molecule has 0 bridgehead atoms. The molecule has 0 unspecified atom stereocenters. The summed E-state index contributed by atoms with van der Waals surface area (Å²) in [6.45, 7) is 0. The Kier molecular flexibility index (Phi) is 3.88. The number of methoxy groups -OCH3 is 1. The minimum atomic E-state index is -1.34. The van der Waals surface area contributed by atoms with Crippen LogP contribution in [0.5, 0.6) is 5.75 Å². The molecule has 6 heteroatoms. The number of ketones is 1. The van der Waals surface area contributed by atoms with E-state index in [0.717, 1.165) is 6.07 Å². The second-order valence-electron chi connectivity index (χ2n) is 2.63. The summed E-state index contributed by atoms with van der Waals surface area (Å²) in [7, 11) is 1.22. The van der Waals surface area contributed by atoms with Crippen molar-refractivity contribution in [3.05, 3.63) is 29.3 Å². The maximum absolute atomic E-state index is 12.9. The van der Waals surface area contributed by atoms with Crippen LogP contribution in [0, 0.1) is 11.6 Å². The van der Waals surface area contributed by atoms with Crippen molar-refractivity contribution in [3.63, 3.8) is 0 Å². The lowest BCUT2D eigenvalue weighted by molar-refractivity contribution is 0.100. The summed E-state index contributed by atoms with van der Waals surface area (Å²) in [5.41, 5.74) is -0.189. The Morgan fingerprint density at radius 1 is 1.33 bits per heavy atom. The molecule has 0 aliphatic carbocycles. The molecule has 0 saturated carbocycles. The van der Waals surface area contributed by atoms with Crippen LogP contribution in [-0.2, 0) is 0 Å². The number of hydrogen-bond acceptors (Lipinski definition) is 2. The van der Waals surface area contributed by atoms with Gasteiger partial charge in [-0.2, -0.15) is 0 Å². The number of carbonyl (C=O) groups excluding carboxylic acids is 1. The number of halogens is 4. The van der Waals surface area contributed by atoms with Gasteiger partial charge in [0.05, 0.1) is 12.7 Å². The number of hydrogen-bond donors (Lipinski definition) is 0. The third kappa shape index (κ3) is 2.58. The molecule has 0 aliphatic rings. The first-order valence-corrected chi connectivity index (χ1v) is 4.70. The minimum absolute atomic E-state index is 0.106. The summed E-state index contributed by atoms with van der Waals surface area (Å²) < 4.78 is 30.3. The van der Waals surface area contributed by atoms with Gasteiger partial charge in [0.2, 0.25) is 0 Å². The van der Waals surface area contributed by atoms with Crippen molar-refractivity contribution in [2.75, 3.05) is 7.11 Å². The zero-order valence-corrected chi connectivity index (χ0v) is 9.07. The lowest BCUT2D eigenvalue weighted by atomic mass is 10.1. The highest BCUT2D eigenvalue weighted by molar-refractivity contribution is 6.55. The Balaban J connectivity index is 3.27. The second-order valence-corrected chi connectivity index (χ2v) is 3.73. The molecule has 15 heavy (non-hydrogen) atoms. The van der Waals surface area contributed by atoms with Gasteiger partial charge in [-0.15, -0.1) is 0 Å². The standard InChI is InChI=1S/C9H6Cl2F2O2/c1-15-7-3-6(13)5(12)2-4(7)8(14)9(10)11/h2-3,9H,1H3. The number of rotatable bonds is 3. The average molecular weight is 255 g/mol. The molecule has 0 atom stereocenters. The Bertz CT molecular complexity index is 394. The largest absolute Gasteiger partial charge is 0.496 e. The fourth-order valence-electron chi connectivity index (χ4n) is 1.01. The summed E-state index contributed by atoms with van der Waals surface area (Å²) in [5.74, 6) is -3.11.